The highest BCUT2D eigenvalue weighted by Crippen LogP contribution is 2.31. The van der Waals surface area contributed by atoms with E-state index in [2.05, 4.69) is 32.4 Å². The molecule has 0 nitrogen and oxygen atoms in total. The highest BCUT2D eigenvalue weighted by Gasteiger charge is 1.93. The van der Waals surface area contributed by atoms with Crippen LogP contribution in [0.3, 0.4) is 0 Å². The van der Waals surface area contributed by atoms with Crippen molar-refractivity contribution in [3.63, 3.8) is 0 Å². The molecule has 1 heteroatoms. The van der Waals surface area contributed by atoms with E-state index in [1.165, 1.54) is 12.3 Å². The maximum atomic E-state index is 3.28. The molecule has 0 spiro atoms. The second-order valence-electron chi connectivity index (χ2n) is 1.81. The summed E-state index contributed by atoms with van der Waals surface area (Å²) in [5.41, 5.74) is 3.28. The summed E-state index contributed by atoms with van der Waals surface area (Å²) in [5.74, 6) is 3.13. The van der Waals surface area contributed by atoms with Gasteiger partial charge in [-0.05, 0) is 20.2 Å². The predicted molar refractivity (Wildman–Crippen MR) is 46.1 cm³/mol. The van der Waals surface area contributed by atoms with Crippen molar-refractivity contribution in [2.45, 2.75) is 27.2 Å². The minimum Gasteiger partial charge on any atom is -0.0990 e. The van der Waals surface area contributed by atoms with Crippen LogP contribution < -0.4 is 0 Å². The molecule has 0 aliphatic rings. The number of hydrogen-bond acceptors (Lipinski definition) is 0. The molecule has 0 saturated carbocycles. The van der Waals surface area contributed by atoms with E-state index in [4.69, 9.17) is 0 Å². The smallest absolute Gasteiger partial charge is 0.00637 e. The molecular formula is C8H15P. The molecule has 52 valence electrons. The summed E-state index contributed by atoms with van der Waals surface area (Å²) >= 11 is 0. The molecular weight excluding hydrogens is 127 g/mol. The first-order chi connectivity index (χ1) is 4.35. The summed E-state index contributed by atoms with van der Waals surface area (Å²) in [7, 11) is 0.0768. The summed E-state index contributed by atoms with van der Waals surface area (Å²) in [6.07, 6.45) is 3.54. The molecule has 0 rings (SSSR count). The van der Waals surface area contributed by atoms with Gasteiger partial charge in [0.1, 0.15) is 0 Å². The van der Waals surface area contributed by atoms with Crippen molar-refractivity contribution in [2.24, 2.45) is 0 Å². The lowest BCUT2D eigenvalue weighted by atomic mass is 10.5. The van der Waals surface area contributed by atoms with Crippen LogP contribution in [0, 0.1) is 11.6 Å². The van der Waals surface area contributed by atoms with Gasteiger partial charge < -0.3 is 0 Å². The molecule has 0 radical (unpaired) electrons. The summed E-state index contributed by atoms with van der Waals surface area (Å²) in [4.78, 5) is 0. The lowest BCUT2D eigenvalue weighted by Crippen LogP contribution is -1.76. The molecule has 0 unspecified atom stereocenters. The van der Waals surface area contributed by atoms with Gasteiger partial charge in [-0.15, -0.1) is 0 Å². The van der Waals surface area contributed by atoms with Crippen molar-refractivity contribution in [1.29, 1.82) is 0 Å². The zero-order valence-electron chi connectivity index (χ0n) is 6.57. The molecule has 0 aromatic heterocycles. The molecule has 0 saturated heterocycles. The summed E-state index contributed by atoms with van der Waals surface area (Å²) in [5, 5.41) is 0. The van der Waals surface area contributed by atoms with Gasteiger partial charge >= 0.3 is 0 Å². The van der Waals surface area contributed by atoms with Crippen LogP contribution in [-0.4, -0.2) is 12.3 Å². The zero-order chi connectivity index (χ0) is 7.11. The second kappa shape index (κ2) is 6.12. The Bertz CT molecular complexity index is 103. The Morgan fingerprint density at radius 2 is 1.67 bits per heavy atom. The third-order valence-electron chi connectivity index (χ3n) is 1.18. The summed E-state index contributed by atoms with van der Waals surface area (Å²) in [6, 6.07) is 0. The molecule has 0 aliphatic carbocycles. The number of rotatable bonds is 2. The summed E-state index contributed by atoms with van der Waals surface area (Å²) in [6.45, 7) is 6.55. The Hall–Kier alpha value is -0.0100. The first kappa shape index (κ1) is 8.99. The van der Waals surface area contributed by atoms with E-state index in [9.17, 15) is 0 Å². The van der Waals surface area contributed by atoms with Crippen LogP contribution in [-0.2, 0) is 0 Å². The van der Waals surface area contributed by atoms with Crippen molar-refractivity contribution < 1.29 is 0 Å². The van der Waals surface area contributed by atoms with Crippen molar-refractivity contribution in [3.05, 3.63) is 0 Å². The average Bonchev–Trinajstić information content (AvgIpc) is 1.91. The van der Waals surface area contributed by atoms with E-state index in [1.54, 1.807) is 0 Å². The van der Waals surface area contributed by atoms with Gasteiger partial charge in [-0.1, -0.05) is 32.4 Å². The minimum atomic E-state index is 0.0768. The molecule has 0 heterocycles. The van der Waals surface area contributed by atoms with Crippen LogP contribution in [0.4, 0.5) is 0 Å². The van der Waals surface area contributed by atoms with Gasteiger partial charge in [0.05, 0.1) is 0 Å². The van der Waals surface area contributed by atoms with E-state index in [1.807, 2.05) is 0 Å². The normalized spacial score (nSPS) is 8.89. The Kier molecular flexibility index (Phi) is 6.11. The van der Waals surface area contributed by atoms with Gasteiger partial charge in [-0.2, -0.15) is 0 Å². The van der Waals surface area contributed by atoms with Gasteiger partial charge in [0, 0.05) is 6.42 Å². The van der Waals surface area contributed by atoms with Crippen LogP contribution in [0.25, 0.3) is 0 Å². The van der Waals surface area contributed by atoms with Crippen LogP contribution in [0.2, 0.25) is 0 Å². The largest absolute Gasteiger partial charge is 0.0990 e. The van der Waals surface area contributed by atoms with Gasteiger partial charge in [-0.3, -0.25) is 0 Å². The third-order valence-corrected chi connectivity index (χ3v) is 3.18. The molecule has 0 fully saturated rings. The maximum Gasteiger partial charge on any atom is 0.00637 e. The van der Waals surface area contributed by atoms with Crippen molar-refractivity contribution in [2.75, 3.05) is 12.3 Å². The van der Waals surface area contributed by atoms with E-state index in [0.29, 0.717) is 0 Å². The quantitative estimate of drug-likeness (QED) is 0.411. The van der Waals surface area contributed by atoms with Gasteiger partial charge in [0.2, 0.25) is 0 Å². The Morgan fingerprint density at radius 3 is 2.00 bits per heavy atom. The molecule has 0 bridgehead atoms. The first-order valence-electron chi connectivity index (χ1n) is 3.58. The first-order valence-corrected chi connectivity index (χ1v) is 5.29. The van der Waals surface area contributed by atoms with E-state index < -0.39 is 0 Å². The zero-order valence-corrected chi connectivity index (χ0v) is 7.46. The molecule has 0 aromatic carbocycles. The van der Waals surface area contributed by atoms with Crippen LogP contribution in [0.5, 0.6) is 0 Å². The maximum absolute atomic E-state index is 3.28. The topological polar surface area (TPSA) is 0 Å². The fourth-order valence-electron chi connectivity index (χ4n) is 0.573. The molecule has 0 N–H and O–H groups in total. The van der Waals surface area contributed by atoms with Crippen LogP contribution in [0.15, 0.2) is 0 Å². The van der Waals surface area contributed by atoms with E-state index >= 15 is 0 Å². The number of hydrogen-bond donors (Lipinski definition) is 0. The molecule has 0 atom stereocenters. The monoisotopic (exact) mass is 142 g/mol. The third kappa shape index (κ3) is 4.49. The molecule has 0 aromatic rings. The highest BCUT2D eigenvalue weighted by atomic mass is 31.1. The second-order valence-corrected chi connectivity index (χ2v) is 4.38. The van der Waals surface area contributed by atoms with Crippen LogP contribution in [0.1, 0.15) is 27.2 Å². The SMILES string of the molecule is CCC#CP(CC)CC. The van der Waals surface area contributed by atoms with Crippen molar-refractivity contribution in [3.8, 4) is 11.6 Å². The highest BCUT2D eigenvalue weighted by molar-refractivity contribution is 7.62. The lowest BCUT2D eigenvalue weighted by Gasteiger charge is -2.00. The lowest BCUT2D eigenvalue weighted by molar-refractivity contribution is 1.28. The van der Waals surface area contributed by atoms with Crippen molar-refractivity contribution in [1.82, 2.24) is 0 Å². The van der Waals surface area contributed by atoms with Crippen molar-refractivity contribution >= 4 is 7.92 Å². The standard InChI is InChI=1S/C8H15P/c1-4-7-8-9(5-2)6-3/h4-6H2,1-3H3. The van der Waals surface area contributed by atoms with Gasteiger partial charge in [0.25, 0.3) is 0 Å². The average molecular weight is 142 g/mol. The Balaban J connectivity index is 3.54. The Morgan fingerprint density at radius 1 is 1.11 bits per heavy atom. The summed E-state index contributed by atoms with van der Waals surface area (Å²) < 4.78 is 0. The fourth-order valence-corrected chi connectivity index (χ4v) is 1.72. The predicted octanol–water partition coefficient (Wildman–Crippen LogP) is 2.88. The van der Waals surface area contributed by atoms with E-state index in [-0.39, 0.29) is 7.92 Å². The van der Waals surface area contributed by atoms with Gasteiger partial charge in [0.15, 0.2) is 0 Å². The molecule has 9 heavy (non-hydrogen) atoms. The van der Waals surface area contributed by atoms with Gasteiger partial charge in [-0.25, -0.2) is 0 Å². The fraction of sp³-hybridized carbons (Fsp3) is 0.750. The molecule has 0 amide bonds. The molecule has 0 aliphatic heterocycles. The van der Waals surface area contributed by atoms with E-state index in [0.717, 1.165) is 6.42 Å². The minimum absolute atomic E-state index is 0.0768. The van der Waals surface area contributed by atoms with Crippen LogP contribution >= 0.6 is 7.92 Å². The Labute approximate surface area is 59.8 Å².